The largest absolute Gasteiger partial charge is 0.358 e. The third-order valence-corrected chi connectivity index (χ3v) is 4.74. The predicted octanol–water partition coefficient (Wildman–Crippen LogP) is 1.86. The second-order valence-corrected chi connectivity index (χ2v) is 6.35. The molecule has 7 heteroatoms. The van der Waals surface area contributed by atoms with Gasteiger partial charge in [0.25, 0.3) is 11.8 Å². The molecule has 1 N–H and O–H groups in total. The number of H-pyrrole nitrogens is 1. The van der Waals surface area contributed by atoms with Crippen molar-refractivity contribution in [1.82, 2.24) is 24.8 Å². The Morgan fingerprint density at radius 3 is 2.38 bits per heavy atom. The zero-order valence-electron chi connectivity index (χ0n) is 14.5. The van der Waals surface area contributed by atoms with E-state index in [1.807, 2.05) is 36.1 Å². The smallest absolute Gasteiger partial charge is 0.274 e. The van der Waals surface area contributed by atoms with E-state index in [2.05, 4.69) is 15.0 Å². The molecule has 1 aromatic carbocycles. The van der Waals surface area contributed by atoms with Crippen LogP contribution in [-0.4, -0.2) is 62.7 Å². The number of para-hydroxylation sites is 1. The maximum Gasteiger partial charge on any atom is 0.274 e. The molecule has 0 spiro atoms. The van der Waals surface area contributed by atoms with Crippen molar-refractivity contribution in [2.45, 2.75) is 6.92 Å². The highest BCUT2D eigenvalue weighted by Crippen LogP contribution is 2.24. The molecular formula is C19H19N5O2. The van der Waals surface area contributed by atoms with Gasteiger partial charge in [0, 0.05) is 55.2 Å². The Morgan fingerprint density at radius 2 is 1.69 bits per heavy atom. The highest BCUT2D eigenvalue weighted by atomic mass is 16.2. The third kappa shape index (κ3) is 2.81. The van der Waals surface area contributed by atoms with Crippen LogP contribution >= 0.6 is 0 Å². The Morgan fingerprint density at radius 1 is 1.00 bits per heavy atom. The molecule has 7 nitrogen and oxygen atoms in total. The molecule has 1 saturated heterocycles. The second kappa shape index (κ2) is 6.59. The number of hydrogen-bond donors (Lipinski definition) is 1. The van der Waals surface area contributed by atoms with Gasteiger partial charge in [-0.15, -0.1) is 0 Å². The summed E-state index contributed by atoms with van der Waals surface area (Å²) in [4.78, 5) is 40.3. The molecule has 1 aliphatic heterocycles. The first kappa shape index (κ1) is 16.3. The standard InChI is InChI=1S/C19H19N5O2/c1-13-17(14-4-2-3-5-15(14)22-13)19(26)24-10-8-23(9-11-24)18(25)16-12-20-6-7-21-16/h2-7,12,22H,8-11H2,1H3. The molecule has 3 aromatic rings. The Bertz CT molecular complexity index is 958. The monoisotopic (exact) mass is 349 g/mol. The zero-order chi connectivity index (χ0) is 18.1. The lowest BCUT2D eigenvalue weighted by molar-refractivity contribution is 0.0532. The van der Waals surface area contributed by atoms with Crippen LogP contribution in [0, 0.1) is 6.92 Å². The summed E-state index contributed by atoms with van der Waals surface area (Å²) < 4.78 is 0. The highest BCUT2D eigenvalue weighted by Gasteiger charge is 2.28. The van der Waals surface area contributed by atoms with Crippen LogP contribution in [0.4, 0.5) is 0 Å². The Hall–Kier alpha value is -3.22. The number of piperazine rings is 1. The number of nitrogens with zero attached hydrogens (tertiary/aromatic N) is 4. The van der Waals surface area contributed by atoms with Crippen LogP contribution < -0.4 is 0 Å². The minimum Gasteiger partial charge on any atom is -0.358 e. The number of aromatic nitrogens is 3. The van der Waals surface area contributed by atoms with Gasteiger partial charge in [0.05, 0.1) is 11.8 Å². The van der Waals surface area contributed by atoms with Gasteiger partial charge >= 0.3 is 0 Å². The number of aryl methyl sites for hydroxylation is 1. The van der Waals surface area contributed by atoms with Gasteiger partial charge in [0.2, 0.25) is 0 Å². The first-order valence-corrected chi connectivity index (χ1v) is 8.57. The molecule has 0 unspecified atom stereocenters. The van der Waals surface area contributed by atoms with Crippen LogP contribution in [0.2, 0.25) is 0 Å². The number of rotatable bonds is 2. The average molecular weight is 349 g/mol. The number of carbonyl (C=O) groups is 2. The number of hydrogen-bond acceptors (Lipinski definition) is 4. The van der Waals surface area contributed by atoms with Crippen LogP contribution in [0.15, 0.2) is 42.9 Å². The maximum atomic E-state index is 13.0. The SMILES string of the molecule is Cc1[nH]c2ccccc2c1C(=O)N1CCN(C(=O)c2cnccn2)CC1. The molecule has 0 radical (unpaired) electrons. The van der Waals surface area contributed by atoms with Gasteiger partial charge in [-0.05, 0) is 13.0 Å². The summed E-state index contributed by atoms with van der Waals surface area (Å²) in [5, 5.41) is 0.938. The fraction of sp³-hybridized carbons (Fsp3) is 0.263. The van der Waals surface area contributed by atoms with E-state index in [4.69, 9.17) is 0 Å². The van der Waals surface area contributed by atoms with Crippen molar-refractivity contribution in [2.24, 2.45) is 0 Å². The van der Waals surface area contributed by atoms with E-state index in [9.17, 15) is 9.59 Å². The van der Waals surface area contributed by atoms with E-state index in [-0.39, 0.29) is 11.8 Å². The van der Waals surface area contributed by atoms with Crippen molar-refractivity contribution in [3.05, 3.63) is 59.8 Å². The van der Waals surface area contributed by atoms with Gasteiger partial charge in [0.1, 0.15) is 5.69 Å². The average Bonchev–Trinajstić information content (AvgIpc) is 3.03. The lowest BCUT2D eigenvalue weighted by Gasteiger charge is -2.34. The number of fused-ring (bicyclic) bond motifs is 1. The Kier molecular flexibility index (Phi) is 4.12. The predicted molar refractivity (Wildman–Crippen MR) is 96.9 cm³/mol. The molecule has 2 aromatic heterocycles. The van der Waals surface area contributed by atoms with Crippen LogP contribution in [0.25, 0.3) is 10.9 Å². The van der Waals surface area contributed by atoms with E-state index in [1.54, 1.807) is 4.90 Å². The molecular weight excluding hydrogens is 330 g/mol. The van der Waals surface area contributed by atoms with Gasteiger partial charge < -0.3 is 14.8 Å². The quantitative estimate of drug-likeness (QED) is 0.766. The van der Waals surface area contributed by atoms with Crippen molar-refractivity contribution >= 4 is 22.7 Å². The molecule has 0 saturated carbocycles. The van der Waals surface area contributed by atoms with Crippen LogP contribution in [0.3, 0.4) is 0 Å². The molecule has 0 bridgehead atoms. The molecule has 1 fully saturated rings. The van der Waals surface area contributed by atoms with Crippen molar-refractivity contribution in [1.29, 1.82) is 0 Å². The van der Waals surface area contributed by atoms with Crippen LogP contribution in [0.5, 0.6) is 0 Å². The lowest BCUT2D eigenvalue weighted by Crippen LogP contribution is -2.50. The number of amides is 2. The zero-order valence-corrected chi connectivity index (χ0v) is 14.5. The van der Waals surface area contributed by atoms with Gasteiger partial charge in [-0.1, -0.05) is 18.2 Å². The molecule has 0 atom stereocenters. The molecule has 1 aliphatic rings. The van der Waals surface area contributed by atoms with E-state index in [0.717, 1.165) is 16.6 Å². The molecule has 26 heavy (non-hydrogen) atoms. The van der Waals surface area contributed by atoms with Crippen molar-refractivity contribution < 1.29 is 9.59 Å². The normalized spacial score (nSPS) is 14.7. The van der Waals surface area contributed by atoms with Crippen molar-refractivity contribution in [2.75, 3.05) is 26.2 Å². The first-order chi connectivity index (χ1) is 12.6. The molecule has 2 amide bonds. The van der Waals surface area contributed by atoms with Gasteiger partial charge in [-0.25, -0.2) is 4.98 Å². The summed E-state index contributed by atoms with van der Waals surface area (Å²) in [5.74, 6) is -0.139. The van der Waals surface area contributed by atoms with Crippen LogP contribution in [0.1, 0.15) is 26.5 Å². The van der Waals surface area contributed by atoms with Crippen LogP contribution in [-0.2, 0) is 0 Å². The summed E-state index contributed by atoms with van der Waals surface area (Å²) in [7, 11) is 0. The number of aromatic amines is 1. The van der Waals surface area contributed by atoms with Crippen molar-refractivity contribution in [3.63, 3.8) is 0 Å². The Labute approximate surface area is 150 Å². The summed E-state index contributed by atoms with van der Waals surface area (Å²) in [6, 6.07) is 7.81. The van der Waals surface area contributed by atoms with E-state index in [0.29, 0.717) is 37.4 Å². The summed E-state index contributed by atoms with van der Waals surface area (Å²) in [6.07, 6.45) is 4.51. The minimum absolute atomic E-state index is 0.00607. The van der Waals surface area contributed by atoms with E-state index >= 15 is 0 Å². The minimum atomic E-state index is -0.145. The summed E-state index contributed by atoms with van der Waals surface area (Å²) in [6.45, 7) is 3.90. The number of nitrogens with one attached hydrogen (secondary N) is 1. The molecule has 0 aliphatic carbocycles. The topological polar surface area (TPSA) is 82.2 Å². The maximum absolute atomic E-state index is 13.0. The van der Waals surface area contributed by atoms with E-state index < -0.39 is 0 Å². The Balaban J connectivity index is 1.48. The summed E-state index contributed by atoms with van der Waals surface area (Å²) >= 11 is 0. The number of carbonyl (C=O) groups excluding carboxylic acids is 2. The first-order valence-electron chi connectivity index (χ1n) is 8.57. The molecule has 3 heterocycles. The fourth-order valence-electron chi connectivity index (χ4n) is 3.39. The third-order valence-electron chi connectivity index (χ3n) is 4.74. The van der Waals surface area contributed by atoms with Crippen molar-refractivity contribution in [3.8, 4) is 0 Å². The van der Waals surface area contributed by atoms with Gasteiger partial charge in [0.15, 0.2) is 0 Å². The van der Waals surface area contributed by atoms with E-state index in [1.165, 1.54) is 18.6 Å². The second-order valence-electron chi connectivity index (χ2n) is 6.35. The number of benzene rings is 1. The van der Waals surface area contributed by atoms with Gasteiger partial charge in [-0.2, -0.15) is 0 Å². The molecule has 132 valence electrons. The fourth-order valence-corrected chi connectivity index (χ4v) is 3.39. The van der Waals surface area contributed by atoms with Gasteiger partial charge in [-0.3, -0.25) is 14.6 Å². The summed E-state index contributed by atoms with van der Waals surface area (Å²) in [5.41, 5.74) is 2.88. The lowest BCUT2D eigenvalue weighted by atomic mass is 10.1. The molecule has 4 rings (SSSR count). The highest BCUT2D eigenvalue weighted by molar-refractivity contribution is 6.08.